The number of nitrogens with zero attached hydrogens (tertiary/aromatic N) is 9. The lowest BCUT2D eigenvalue weighted by Gasteiger charge is -2.36. The van der Waals surface area contributed by atoms with Crippen LogP contribution in [0.1, 0.15) is 44.9 Å². The van der Waals surface area contributed by atoms with Crippen LogP contribution in [-0.2, 0) is 30.5 Å². The highest BCUT2D eigenvalue weighted by Crippen LogP contribution is 2.34. The summed E-state index contributed by atoms with van der Waals surface area (Å²) in [6, 6.07) is 17.7. The monoisotopic (exact) mass is 856 g/mol. The van der Waals surface area contributed by atoms with E-state index in [9.17, 15) is 27.6 Å². The molecule has 1 N–H and O–H groups in total. The summed E-state index contributed by atoms with van der Waals surface area (Å²) in [5, 5.41) is 7.83. The van der Waals surface area contributed by atoms with Crippen molar-refractivity contribution in [2.24, 2.45) is 0 Å². The summed E-state index contributed by atoms with van der Waals surface area (Å²) < 4.78 is 49.8. The van der Waals surface area contributed by atoms with Gasteiger partial charge in [-0.3, -0.25) is 14.4 Å². The number of amides is 2. The highest BCUT2D eigenvalue weighted by atomic mass is 35.5. The Kier molecular flexibility index (Phi) is 11.0. The van der Waals surface area contributed by atoms with Crippen LogP contribution in [0.15, 0.2) is 77.9 Å². The molecule has 2 amide bonds. The molecule has 0 unspecified atom stereocenters. The Morgan fingerprint density at radius 3 is 2.45 bits per heavy atom. The fourth-order valence-electron chi connectivity index (χ4n) is 7.16. The zero-order valence-electron chi connectivity index (χ0n) is 32.5. The number of ether oxygens (including phenoxy) is 1. The molecule has 0 spiro atoms. The first-order valence-electron chi connectivity index (χ1n) is 18.9. The Morgan fingerprint density at radius 1 is 0.967 bits per heavy atom. The highest BCUT2D eigenvalue weighted by Gasteiger charge is 2.33. The molecule has 8 rings (SSSR count). The lowest BCUT2D eigenvalue weighted by molar-refractivity contribution is -0.137. The van der Waals surface area contributed by atoms with Gasteiger partial charge in [-0.15, -0.1) is 16.4 Å². The fraction of sp³-hybridized carbons (Fsp3) is 0.268. The summed E-state index contributed by atoms with van der Waals surface area (Å²) in [4.78, 5) is 63.6. The number of alkyl halides is 3. The molecule has 7 aromatic rings. The molecule has 308 valence electrons. The maximum atomic E-state index is 14.5. The van der Waals surface area contributed by atoms with E-state index in [1.807, 2.05) is 67.3 Å². The van der Waals surface area contributed by atoms with Gasteiger partial charge in [-0.25, -0.2) is 15.0 Å². The number of hydrogen-bond donors (Lipinski definition) is 1. The fourth-order valence-corrected chi connectivity index (χ4v) is 8.19. The molecule has 0 atom stereocenters. The number of thiazole rings is 1. The second kappa shape index (κ2) is 16.3. The number of hydrogen-bond acceptors (Lipinski definition) is 11. The standard InChI is InChI=1S/C41H36ClF3N10O4S/c1-4-31-35(52-14-16-53(17-15-52)38(57)34-36(23(2)46-22-47-34)59-21-25-8-6-5-7-9-25)39(58)55-40(50-37(51-55)26-10-13-32-30(18-26)48-24(3)60-32)54(31)20-33(56)49-29-12-11-27(19-28(29)42)41(43,44)45/h5-13,18-19,22H,4,14-17,20-21H2,1-3H3,(H,49,56). The van der Waals surface area contributed by atoms with Crippen molar-refractivity contribution in [3.8, 4) is 17.1 Å². The van der Waals surface area contributed by atoms with Crippen LogP contribution in [0.5, 0.6) is 5.75 Å². The van der Waals surface area contributed by atoms with Gasteiger partial charge in [-0.05, 0) is 62.2 Å². The van der Waals surface area contributed by atoms with Gasteiger partial charge < -0.3 is 24.4 Å². The summed E-state index contributed by atoms with van der Waals surface area (Å²) in [6.45, 7) is 6.26. The second-order valence-electron chi connectivity index (χ2n) is 14.0. The number of rotatable bonds is 10. The van der Waals surface area contributed by atoms with Crippen LogP contribution in [0.4, 0.5) is 24.5 Å². The highest BCUT2D eigenvalue weighted by molar-refractivity contribution is 7.18. The predicted molar refractivity (Wildman–Crippen MR) is 221 cm³/mol. The minimum Gasteiger partial charge on any atom is -0.485 e. The predicted octanol–water partition coefficient (Wildman–Crippen LogP) is 6.99. The van der Waals surface area contributed by atoms with E-state index in [-0.39, 0.29) is 84.6 Å². The first-order valence-corrected chi connectivity index (χ1v) is 20.1. The van der Waals surface area contributed by atoms with E-state index in [1.165, 1.54) is 17.7 Å². The van der Waals surface area contributed by atoms with E-state index in [2.05, 4.69) is 25.4 Å². The van der Waals surface area contributed by atoms with Gasteiger partial charge in [0.2, 0.25) is 11.7 Å². The van der Waals surface area contributed by atoms with Crippen molar-refractivity contribution >= 4 is 62.1 Å². The van der Waals surface area contributed by atoms with Crippen molar-refractivity contribution in [3.05, 3.63) is 122 Å². The summed E-state index contributed by atoms with van der Waals surface area (Å²) in [7, 11) is 0. The van der Waals surface area contributed by atoms with Gasteiger partial charge in [0.15, 0.2) is 17.3 Å². The van der Waals surface area contributed by atoms with Crippen LogP contribution in [-0.4, -0.2) is 77.0 Å². The van der Waals surface area contributed by atoms with Crippen molar-refractivity contribution < 1.29 is 27.5 Å². The Labute approximate surface area is 349 Å². The first-order chi connectivity index (χ1) is 28.8. The van der Waals surface area contributed by atoms with E-state index >= 15 is 0 Å². The van der Waals surface area contributed by atoms with Crippen molar-refractivity contribution in [1.82, 2.24) is 39.0 Å². The molecular formula is C41H36ClF3N10O4S. The molecular weight excluding hydrogens is 821 g/mol. The summed E-state index contributed by atoms with van der Waals surface area (Å²) in [5.41, 5.74) is 2.18. The van der Waals surface area contributed by atoms with Crippen LogP contribution >= 0.6 is 22.9 Å². The third-order valence-electron chi connectivity index (χ3n) is 10.1. The number of anilines is 2. The third kappa shape index (κ3) is 7.99. The van der Waals surface area contributed by atoms with Gasteiger partial charge in [0.25, 0.3) is 11.5 Å². The number of carbonyl (C=O) groups excluding carboxylic acids is 2. The largest absolute Gasteiger partial charge is 0.485 e. The van der Waals surface area contributed by atoms with Gasteiger partial charge in [-0.2, -0.15) is 22.7 Å². The first kappa shape index (κ1) is 40.4. The van der Waals surface area contributed by atoms with Gasteiger partial charge in [0.05, 0.1) is 42.9 Å². The SMILES string of the molecule is CCc1c(N2CCN(C(=O)c3ncnc(C)c3OCc3ccccc3)CC2)c(=O)n2nc(-c3ccc4sc(C)nc4c3)nc2n1CC(=O)Nc1ccc(C(F)(F)F)cc1Cl. The zero-order valence-corrected chi connectivity index (χ0v) is 34.0. The van der Waals surface area contributed by atoms with E-state index < -0.39 is 29.8 Å². The van der Waals surface area contributed by atoms with Crippen molar-refractivity contribution in [3.63, 3.8) is 0 Å². The number of halogens is 4. The molecule has 0 radical (unpaired) electrons. The Hall–Kier alpha value is -6.40. The van der Waals surface area contributed by atoms with Crippen LogP contribution in [0.2, 0.25) is 5.02 Å². The Morgan fingerprint density at radius 2 is 1.73 bits per heavy atom. The van der Waals surface area contributed by atoms with Crippen LogP contribution in [0.25, 0.3) is 27.4 Å². The summed E-state index contributed by atoms with van der Waals surface area (Å²) in [6.07, 6.45) is -3.02. The average Bonchev–Trinajstić information content (AvgIpc) is 3.85. The lowest BCUT2D eigenvalue weighted by Crippen LogP contribution is -2.51. The van der Waals surface area contributed by atoms with Gasteiger partial charge in [0.1, 0.15) is 25.2 Å². The number of nitrogens with one attached hydrogen (secondary N) is 1. The smallest absolute Gasteiger partial charge is 0.416 e. The molecule has 19 heteroatoms. The minimum absolute atomic E-state index is 0.0210. The number of aryl methyl sites for hydroxylation is 2. The number of aromatic nitrogens is 7. The molecule has 0 aliphatic carbocycles. The molecule has 5 heterocycles. The topological polar surface area (TPSA) is 153 Å². The molecule has 14 nitrogen and oxygen atoms in total. The second-order valence-corrected chi connectivity index (χ2v) is 15.7. The van der Waals surface area contributed by atoms with Crippen molar-refractivity contribution in [2.45, 2.75) is 46.5 Å². The number of piperazine rings is 1. The van der Waals surface area contributed by atoms with Gasteiger partial charge in [-0.1, -0.05) is 48.9 Å². The molecule has 4 aromatic heterocycles. The average molecular weight is 857 g/mol. The van der Waals surface area contributed by atoms with E-state index in [4.69, 9.17) is 21.3 Å². The molecule has 1 aliphatic rings. The molecule has 1 fully saturated rings. The minimum atomic E-state index is -4.62. The van der Waals surface area contributed by atoms with E-state index in [0.29, 0.717) is 17.0 Å². The maximum Gasteiger partial charge on any atom is 0.416 e. The number of fused-ring (bicyclic) bond motifs is 2. The molecule has 1 saturated heterocycles. The maximum absolute atomic E-state index is 14.5. The molecule has 0 bridgehead atoms. The molecule has 1 aliphatic heterocycles. The number of benzene rings is 3. The summed E-state index contributed by atoms with van der Waals surface area (Å²) >= 11 is 7.72. The van der Waals surface area contributed by atoms with E-state index in [1.54, 1.807) is 16.4 Å². The quantitative estimate of drug-likeness (QED) is 0.152. The molecule has 60 heavy (non-hydrogen) atoms. The molecule has 0 saturated carbocycles. The van der Waals surface area contributed by atoms with Gasteiger partial charge >= 0.3 is 6.18 Å². The van der Waals surface area contributed by atoms with Crippen LogP contribution < -0.4 is 20.5 Å². The normalized spacial score (nSPS) is 13.3. The van der Waals surface area contributed by atoms with Gasteiger partial charge in [0, 0.05) is 31.7 Å². The Balaban J connectivity index is 1.12. The zero-order chi connectivity index (χ0) is 42.3. The summed E-state index contributed by atoms with van der Waals surface area (Å²) in [5.74, 6) is -0.391. The van der Waals surface area contributed by atoms with Crippen LogP contribution in [0, 0.1) is 13.8 Å². The Bertz CT molecular complexity index is 2840. The molecule has 3 aromatic carbocycles. The van der Waals surface area contributed by atoms with Crippen molar-refractivity contribution in [2.75, 3.05) is 36.4 Å². The lowest BCUT2D eigenvalue weighted by atomic mass is 10.2. The van der Waals surface area contributed by atoms with E-state index in [0.717, 1.165) is 43.5 Å². The number of carbonyl (C=O) groups is 2. The van der Waals surface area contributed by atoms with Crippen LogP contribution in [0.3, 0.4) is 0 Å². The van der Waals surface area contributed by atoms with Crippen molar-refractivity contribution in [1.29, 1.82) is 0 Å². The third-order valence-corrected chi connectivity index (χ3v) is 11.3.